The third-order valence-corrected chi connectivity index (χ3v) is 4.89. The van der Waals surface area contributed by atoms with E-state index in [0.717, 1.165) is 31.6 Å². The first-order chi connectivity index (χ1) is 13.7. The quantitative estimate of drug-likeness (QED) is 0.704. The highest BCUT2D eigenvalue weighted by atomic mass is 16.5. The molecule has 144 valence electrons. The van der Waals surface area contributed by atoms with E-state index in [0.29, 0.717) is 29.4 Å². The van der Waals surface area contributed by atoms with Crippen LogP contribution in [0.2, 0.25) is 0 Å². The van der Waals surface area contributed by atoms with E-state index in [1.165, 1.54) is 10.9 Å². The van der Waals surface area contributed by atoms with Crippen molar-refractivity contribution in [1.29, 1.82) is 0 Å². The summed E-state index contributed by atoms with van der Waals surface area (Å²) in [4.78, 5) is 33.2. The lowest BCUT2D eigenvalue weighted by Gasteiger charge is -2.22. The van der Waals surface area contributed by atoms with Gasteiger partial charge in [-0.25, -0.2) is 9.67 Å². The number of nitrogens with one attached hydrogen (secondary N) is 2. The zero-order valence-corrected chi connectivity index (χ0v) is 15.3. The van der Waals surface area contributed by atoms with Gasteiger partial charge < -0.3 is 10.1 Å². The number of carbonyl (C=O) groups excluding carboxylic acids is 1. The minimum atomic E-state index is -0.213. The van der Waals surface area contributed by atoms with E-state index in [9.17, 15) is 9.59 Å². The molecule has 3 aromatic heterocycles. The predicted molar refractivity (Wildman–Crippen MR) is 103 cm³/mol. The molecule has 28 heavy (non-hydrogen) atoms. The van der Waals surface area contributed by atoms with Crippen LogP contribution >= 0.6 is 0 Å². The summed E-state index contributed by atoms with van der Waals surface area (Å²) in [5.41, 5.74) is 1.56. The van der Waals surface area contributed by atoms with Crippen molar-refractivity contribution in [2.24, 2.45) is 5.92 Å². The fraction of sp³-hybridized carbons (Fsp3) is 0.300. The van der Waals surface area contributed by atoms with E-state index in [1.807, 2.05) is 0 Å². The molecule has 1 saturated heterocycles. The first-order valence-corrected chi connectivity index (χ1v) is 9.25. The molecule has 0 atom stereocenters. The number of nitrogens with zero attached hydrogens (tertiary/aromatic N) is 3. The summed E-state index contributed by atoms with van der Waals surface area (Å²) in [6.07, 6.45) is 8.32. The number of amides is 1. The molecule has 8 nitrogen and oxygen atoms in total. The Hall–Kier alpha value is -3.26. The van der Waals surface area contributed by atoms with Crippen LogP contribution in [0, 0.1) is 5.92 Å². The Morgan fingerprint density at radius 3 is 2.71 bits per heavy atom. The molecule has 0 bridgehead atoms. The second kappa shape index (κ2) is 8.18. The van der Waals surface area contributed by atoms with Gasteiger partial charge in [0.2, 0.25) is 0 Å². The van der Waals surface area contributed by atoms with E-state index in [1.54, 1.807) is 42.9 Å². The van der Waals surface area contributed by atoms with Crippen molar-refractivity contribution in [2.75, 3.05) is 19.8 Å². The molecule has 4 rings (SSSR count). The maximum Gasteiger partial charge on any atom is 0.280 e. The van der Waals surface area contributed by atoms with Crippen molar-refractivity contribution in [3.8, 4) is 16.9 Å². The standard InChI is InChI=1S/C20H21N5O3/c26-19(23-11-14-5-9-28-10-6-14)16-1-2-18(22-12-16)25-20(27)17(13-24-25)15-3-7-21-8-4-15/h1-4,7-8,12-14,24H,5-6,9-11H2,(H,23,26). The van der Waals surface area contributed by atoms with Crippen molar-refractivity contribution in [1.82, 2.24) is 25.1 Å². The Labute approximate surface area is 161 Å². The molecule has 1 amide bonds. The van der Waals surface area contributed by atoms with Gasteiger partial charge in [0, 0.05) is 44.5 Å². The average molecular weight is 379 g/mol. The van der Waals surface area contributed by atoms with Crippen LogP contribution in [0.15, 0.2) is 53.8 Å². The molecule has 0 aliphatic carbocycles. The molecular weight excluding hydrogens is 358 g/mol. The van der Waals surface area contributed by atoms with Crippen molar-refractivity contribution >= 4 is 5.91 Å². The molecule has 0 spiro atoms. The molecule has 8 heteroatoms. The summed E-state index contributed by atoms with van der Waals surface area (Å²) >= 11 is 0. The van der Waals surface area contributed by atoms with Crippen LogP contribution in [-0.2, 0) is 4.74 Å². The van der Waals surface area contributed by atoms with E-state index < -0.39 is 0 Å². The smallest absolute Gasteiger partial charge is 0.280 e. The summed E-state index contributed by atoms with van der Waals surface area (Å²) < 4.78 is 6.68. The second-order valence-electron chi connectivity index (χ2n) is 6.73. The van der Waals surface area contributed by atoms with Gasteiger partial charge in [0.15, 0.2) is 5.82 Å². The fourth-order valence-corrected chi connectivity index (χ4v) is 3.22. The molecule has 1 aliphatic heterocycles. The summed E-state index contributed by atoms with van der Waals surface area (Å²) in [5, 5.41) is 5.86. The molecule has 0 radical (unpaired) electrons. The Bertz CT molecular complexity index is 989. The molecule has 1 fully saturated rings. The number of pyridine rings is 2. The lowest BCUT2D eigenvalue weighted by molar-refractivity contribution is 0.0642. The zero-order chi connectivity index (χ0) is 19.3. The molecule has 0 aromatic carbocycles. The maximum atomic E-state index is 12.6. The minimum Gasteiger partial charge on any atom is -0.381 e. The number of H-pyrrole nitrogens is 1. The number of rotatable bonds is 5. The first-order valence-electron chi connectivity index (χ1n) is 9.25. The van der Waals surface area contributed by atoms with Crippen LogP contribution in [0.1, 0.15) is 23.2 Å². The van der Waals surface area contributed by atoms with E-state index in [2.05, 4.69) is 20.4 Å². The fourth-order valence-electron chi connectivity index (χ4n) is 3.22. The molecule has 4 heterocycles. The van der Waals surface area contributed by atoms with E-state index in [4.69, 9.17) is 4.74 Å². The summed E-state index contributed by atoms with van der Waals surface area (Å²) in [7, 11) is 0. The van der Waals surface area contributed by atoms with Crippen LogP contribution in [0.4, 0.5) is 0 Å². The van der Waals surface area contributed by atoms with Crippen molar-refractivity contribution in [2.45, 2.75) is 12.8 Å². The Morgan fingerprint density at radius 1 is 1.21 bits per heavy atom. The Morgan fingerprint density at radius 2 is 2.00 bits per heavy atom. The van der Waals surface area contributed by atoms with Gasteiger partial charge in [-0.05, 0) is 48.6 Å². The van der Waals surface area contributed by atoms with Gasteiger partial charge in [-0.2, -0.15) is 0 Å². The highest BCUT2D eigenvalue weighted by Gasteiger charge is 2.16. The summed E-state index contributed by atoms with van der Waals surface area (Å²) in [6.45, 7) is 2.14. The number of carbonyl (C=O) groups is 1. The minimum absolute atomic E-state index is 0.165. The number of aromatic amines is 1. The summed E-state index contributed by atoms with van der Waals surface area (Å²) in [5.74, 6) is 0.710. The lowest BCUT2D eigenvalue weighted by Crippen LogP contribution is -2.32. The first kappa shape index (κ1) is 18.1. The third kappa shape index (κ3) is 3.86. The largest absolute Gasteiger partial charge is 0.381 e. The van der Waals surface area contributed by atoms with Crippen molar-refractivity contribution in [3.63, 3.8) is 0 Å². The number of hydrogen-bond donors (Lipinski definition) is 2. The zero-order valence-electron chi connectivity index (χ0n) is 15.3. The van der Waals surface area contributed by atoms with E-state index >= 15 is 0 Å². The number of hydrogen-bond acceptors (Lipinski definition) is 5. The van der Waals surface area contributed by atoms with Crippen molar-refractivity contribution in [3.05, 3.63) is 65.0 Å². The highest BCUT2D eigenvalue weighted by Crippen LogP contribution is 2.15. The van der Waals surface area contributed by atoms with Crippen LogP contribution in [-0.4, -0.2) is 45.4 Å². The molecular formula is C20H21N5O3. The topological polar surface area (TPSA) is 102 Å². The Kier molecular flexibility index (Phi) is 5.29. The number of ether oxygens (including phenoxy) is 1. The van der Waals surface area contributed by atoms with Gasteiger partial charge in [0.1, 0.15) is 0 Å². The third-order valence-electron chi connectivity index (χ3n) is 4.89. The van der Waals surface area contributed by atoms with Crippen LogP contribution in [0.25, 0.3) is 16.9 Å². The SMILES string of the molecule is O=C(NCC1CCOCC1)c1ccc(-n2[nH]cc(-c3ccncc3)c2=O)nc1. The second-order valence-corrected chi connectivity index (χ2v) is 6.73. The van der Waals surface area contributed by atoms with Crippen LogP contribution in [0.5, 0.6) is 0 Å². The molecule has 1 aliphatic rings. The van der Waals surface area contributed by atoms with Gasteiger partial charge in [-0.3, -0.25) is 19.7 Å². The lowest BCUT2D eigenvalue weighted by atomic mass is 10.0. The average Bonchev–Trinajstić information content (AvgIpc) is 3.15. The monoisotopic (exact) mass is 379 g/mol. The molecule has 0 unspecified atom stereocenters. The number of aromatic nitrogens is 4. The van der Waals surface area contributed by atoms with Gasteiger partial charge in [-0.15, -0.1) is 0 Å². The van der Waals surface area contributed by atoms with Gasteiger partial charge >= 0.3 is 0 Å². The predicted octanol–water partition coefficient (Wildman–Crippen LogP) is 1.78. The van der Waals surface area contributed by atoms with E-state index in [-0.39, 0.29) is 11.5 Å². The van der Waals surface area contributed by atoms with Crippen molar-refractivity contribution < 1.29 is 9.53 Å². The summed E-state index contributed by atoms with van der Waals surface area (Å²) in [6, 6.07) is 6.86. The Balaban J connectivity index is 1.45. The molecule has 0 saturated carbocycles. The van der Waals surface area contributed by atoms with Gasteiger partial charge in [0.05, 0.1) is 11.1 Å². The normalized spacial score (nSPS) is 14.7. The molecule has 3 aromatic rings. The van der Waals surface area contributed by atoms with Crippen LogP contribution in [0.3, 0.4) is 0 Å². The van der Waals surface area contributed by atoms with Gasteiger partial charge in [-0.1, -0.05) is 0 Å². The maximum absolute atomic E-state index is 12.6. The molecule has 2 N–H and O–H groups in total. The van der Waals surface area contributed by atoms with Crippen LogP contribution < -0.4 is 10.9 Å². The highest BCUT2D eigenvalue weighted by molar-refractivity contribution is 5.93. The van der Waals surface area contributed by atoms with Gasteiger partial charge in [0.25, 0.3) is 11.5 Å².